The van der Waals surface area contributed by atoms with E-state index in [9.17, 15) is 9.59 Å². The first-order chi connectivity index (χ1) is 10.6. The lowest BCUT2D eigenvalue weighted by Gasteiger charge is -2.04. The second kappa shape index (κ2) is 6.39. The fourth-order valence-corrected chi connectivity index (χ4v) is 4.47. The number of benzene rings is 1. The zero-order valence-corrected chi connectivity index (χ0v) is 14.4. The Morgan fingerprint density at radius 3 is 2.86 bits per heavy atom. The molecule has 0 saturated heterocycles. The molecule has 5 nitrogen and oxygen atoms in total. The van der Waals surface area contributed by atoms with Crippen molar-refractivity contribution >= 4 is 52.2 Å². The number of anilines is 1. The van der Waals surface area contributed by atoms with Crippen molar-refractivity contribution < 1.29 is 9.59 Å². The molecule has 0 spiro atoms. The molecule has 2 heterocycles. The Labute approximate surface area is 140 Å². The van der Waals surface area contributed by atoms with E-state index >= 15 is 0 Å². The number of carbonyl (C=O) groups is 2. The average Bonchev–Trinajstić information content (AvgIpc) is 3.10. The summed E-state index contributed by atoms with van der Waals surface area (Å²) in [7, 11) is 0. The van der Waals surface area contributed by atoms with Crippen LogP contribution < -0.4 is 5.32 Å². The molecule has 0 saturated carbocycles. The minimum Gasteiger partial charge on any atom is -0.325 e. The van der Waals surface area contributed by atoms with Gasteiger partial charge < -0.3 is 5.32 Å². The Kier molecular flexibility index (Phi) is 4.51. The first kappa shape index (κ1) is 15.5. The van der Waals surface area contributed by atoms with E-state index in [4.69, 9.17) is 0 Å². The van der Waals surface area contributed by atoms with Gasteiger partial charge in [0, 0.05) is 11.3 Å². The molecule has 0 fully saturated rings. The van der Waals surface area contributed by atoms with Crippen LogP contribution in [0.1, 0.15) is 28.8 Å². The molecular formula is C14H13N3O2S3. The lowest BCUT2D eigenvalue weighted by atomic mass is 9.99. The normalized spacial score (nSPS) is 16.5. The zero-order valence-electron chi connectivity index (χ0n) is 12.0. The van der Waals surface area contributed by atoms with Crippen LogP contribution in [0.15, 0.2) is 26.9 Å². The number of hydrogen-bond donors (Lipinski definition) is 1. The number of carbonyl (C=O) groups excluding carboxylic acids is 2. The number of ketones is 1. The van der Waals surface area contributed by atoms with Crippen LogP contribution in [0, 0.1) is 0 Å². The van der Waals surface area contributed by atoms with Crippen molar-refractivity contribution in [1.82, 2.24) is 10.2 Å². The zero-order chi connectivity index (χ0) is 15.7. The molecule has 0 aliphatic carbocycles. The maximum atomic E-state index is 12.3. The Bertz CT molecular complexity index is 745. The highest BCUT2D eigenvalue weighted by Crippen LogP contribution is 2.33. The molecule has 1 aliphatic heterocycles. The molecule has 8 heteroatoms. The molecule has 1 aliphatic rings. The Balaban J connectivity index is 1.69. The van der Waals surface area contributed by atoms with Crippen molar-refractivity contribution in [3.05, 3.63) is 29.3 Å². The summed E-state index contributed by atoms with van der Waals surface area (Å²) in [6.07, 6.45) is 1.95. The van der Waals surface area contributed by atoms with Gasteiger partial charge in [0.2, 0.25) is 5.91 Å². The number of nitrogens with one attached hydrogen (secondary N) is 1. The quantitative estimate of drug-likeness (QED) is 0.658. The van der Waals surface area contributed by atoms with Gasteiger partial charge in [0.1, 0.15) is 0 Å². The van der Waals surface area contributed by atoms with Crippen LogP contribution in [-0.2, 0) is 4.79 Å². The summed E-state index contributed by atoms with van der Waals surface area (Å²) in [5.41, 5.74) is 2.32. The average molecular weight is 351 g/mol. The van der Waals surface area contributed by atoms with E-state index in [1.165, 1.54) is 23.1 Å². The molecular weight excluding hydrogens is 338 g/mol. The van der Waals surface area contributed by atoms with Crippen LogP contribution in [0.5, 0.6) is 0 Å². The van der Waals surface area contributed by atoms with Gasteiger partial charge in [-0.2, -0.15) is 0 Å². The van der Waals surface area contributed by atoms with Gasteiger partial charge in [0.25, 0.3) is 0 Å². The second-order valence-electron chi connectivity index (χ2n) is 4.76. The van der Waals surface area contributed by atoms with Crippen molar-refractivity contribution in [3.8, 4) is 0 Å². The lowest BCUT2D eigenvalue weighted by molar-refractivity contribution is -0.116. The van der Waals surface area contributed by atoms with E-state index in [1.54, 1.807) is 23.9 Å². The van der Waals surface area contributed by atoms with Crippen molar-refractivity contribution in [2.45, 2.75) is 21.5 Å². The highest BCUT2D eigenvalue weighted by molar-refractivity contribution is 8.03. The summed E-state index contributed by atoms with van der Waals surface area (Å²) in [5.74, 6) is 0.118. The number of thioether (sulfide) groups is 2. The molecule has 114 valence electrons. The molecule has 1 amide bonds. The first-order valence-electron chi connectivity index (χ1n) is 6.57. The van der Waals surface area contributed by atoms with Crippen LogP contribution in [0.2, 0.25) is 0 Å². The van der Waals surface area contributed by atoms with Gasteiger partial charge >= 0.3 is 0 Å². The third-order valence-electron chi connectivity index (χ3n) is 3.38. The molecule has 22 heavy (non-hydrogen) atoms. The minimum atomic E-state index is -0.206. The molecule has 1 aromatic heterocycles. The van der Waals surface area contributed by atoms with Crippen molar-refractivity contribution in [2.75, 3.05) is 17.3 Å². The maximum absolute atomic E-state index is 12.3. The molecule has 1 aromatic carbocycles. The third-order valence-corrected chi connectivity index (χ3v) is 6.41. The number of amides is 1. The molecule has 0 radical (unpaired) electrons. The first-order valence-corrected chi connectivity index (χ1v) is 9.59. The van der Waals surface area contributed by atoms with Gasteiger partial charge in [-0.1, -0.05) is 34.9 Å². The molecule has 0 unspecified atom stereocenters. The summed E-state index contributed by atoms with van der Waals surface area (Å²) in [6, 6.07) is 5.37. The molecule has 1 atom stereocenters. The van der Waals surface area contributed by atoms with Gasteiger partial charge in [0.05, 0.1) is 11.7 Å². The van der Waals surface area contributed by atoms with Crippen molar-refractivity contribution in [2.24, 2.45) is 0 Å². The number of aromatic nitrogens is 2. The maximum Gasteiger partial charge on any atom is 0.231 e. The van der Waals surface area contributed by atoms with Crippen LogP contribution in [0.25, 0.3) is 0 Å². The monoisotopic (exact) mass is 351 g/mol. The SMILES string of the molecule is CSc1nnc(SCC(=O)c2ccc3c(c2)[C@@H](C)C(=O)N3)s1. The standard InChI is InChI=1S/C14H13N3O2S3/c1-7-9-5-8(3-4-10(9)15-12(7)19)11(18)6-21-14-17-16-13(20-2)22-14/h3-5,7H,6H2,1-2H3,(H,15,19)/t7-/m1/s1. The second-order valence-corrected chi connectivity index (χ2v) is 8.02. The van der Waals surface area contributed by atoms with E-state index in [0.717, 1.165) is 19.9 Å². The Hall–Kier alpha value is -1.38. The summed E-state index contributed by atoms with van der Waals surface area (Å²) < 4.78 is 1.69. The third kappa shape index (κ3) is 3.04. The van der Waals surface area contributed by atoms with Gasteiger partial charge in [-0.05, 0) is 36.9 Å². The van der Waals surface area contributed by atoms with E-state index < -0.39 is 0 Å². The van der Waals surface area contributed by atoms with Crippen LogP contribution in [-0.4, -0.2) is 33.9 Å². The molecule has 2 aromatic rings. The van der Waals surface area contributed by atoms with E-state index in [1.807, 2.05) is 19.2 Å². The summed E-state index contributed by atoms with van der Waals surface area (Å²) >= 11 is 4.42. The summed E-state index contributed by atoms with van der Waals surface area (Å²) in [5, 5.41) is 10.8. The topological polar surface area (TPSA) is 72.0 Å². The minimum absolute atomic E-state index is 0.0209. The van der Waals surface area contributed by atoms with E-state index in [2.05, 4.69) is 15.5 Å². The molecule has 0 bridgehead atoms. The number of Topliss-reactive ketones (excluding diaryl/α,β-unsaturated/α-hetero) is 1. The Morgan fingerprint density at radius 2 is 2.14 bits per heavy atom. The Morgan fingerprint density at radius 1 is 1.36 bits per heavy atom. The van der Waals surface area contributed by atoms with Crippen LogP contribution >= 0.6 is 34.9 Å². The number of fused-ring (bicyclic) bond motifs is 1. The van der Waals surface area contributed by atoms with Crippen LogP contribution in [0.3, 0.4) is 0 Å². The predicted molar refractivity (Wildman–Crippen MR) is 90.2 cm³/mol. The van der Waals surface area contributed by atoms with Crippen molar-refractivity contribution in [3.63, 3.8) is 0 Å². The van der Waals surface area contributed by atoms with Gasteiger partial charge in [-0.25, -0.2) is 0 Å². The van der Waals surface area contributed by atoms with Crippen molar-refractivity contribution in [1.29, 1.82) is 0 Å². The summed E-state index contributed by atoms with van der Waals surface area (Å²) in [4.78, 5) is 23.9. The van der Waals surface area contributed by atoms with Gasteiger partial charge in [0.15, 0.2) is 14.5 Å². The fraction of sp³-hybridized carbons (Fsp3) is 0.286. The largest absolute Gasteiger partial charge is 0.325 e. The summed E-state index contributed by atoms with van der Waals surface area (Å²) in [6.45, 7) is 1.84. The lowest BCUT2D eigenvalue weighted by Crippen LogP contribution is -2.08. The van der Waals surface area contributed by atoms with E-state index in [-0.39, 0.29) is 17.6 Å². The van der Waals surface area contributed by atoms with Gasteiger partial charge in [-0.3, -0.25) is 9.59 Å². The highest BCUT2D eigenvalue weighted by atomic mass is 32.2. The van der Waals surface area contributed by atoms with Crippen LogP contribution in [0.4, 0.5) is 5.69 Å². The highest BCUT2D eigenvalue weighted by Gasteiger charge is 2.27. The predicted octanol–water partition coefficient (Wildman–Crippen LogP) is 3.29. The fourth-order valence-electron chi connectivity index (χ4n) is 2.14. The molecule has 3 rings (SSSR count). The number of rotatable bonds is 5. The van der Waals surface area contributed by atoms with E-state index in [0.29, 0.717) is 11.3 Å². The van der Waals surface area contributed by atoms with Gasteiger partial charge in [-0.15, -0.1) is 10.2 Å². The molecule has 1 N–H and O–H groups in total. The number of nitrogens with zero attached hydrogens (tertiary/aromatic N) is 2. The number of hydrogen-bond acceptors (Lipinski definition) is 7. The smallest absolute Gasteiger partial charge is 0.231 e.